The number of hydrogen-bond acceptors (Lipinski definition) is 6. The topological polar surface area (TPSA) is 78.9 Å². The molecule has 0 N–H and O–H groups in total. The fourth-order valence-electron chi connectivity index (χ4n) is 1.14. The Labute approximate surface area is 107 Å². The zero-order valence-corrected chi connectivity index (χ0v) is 11.4. The first kappa shape index (κ1) is 16.4. The number of carbonyl (C=O) groups excluding carboxylic acids is 3. The minimum absolute atomic E-state index is 0.0510. The van der Waals surface area contributed by atoms with Crippen LogP contribution in [-0.2, 0) is 28.6 Å². The lowest BCUT2D eigenvalue weighted by molar-refractivity contribution is -0.181. The zero-order valence-electron chi connectivity index (χ0n) is 11.4. The van der Waals surface area contributed by atoms with Gasteiger partial charge in [0.15, 0.2) is 6.10 Å². The molecule has 18 heavy (non-hydrogen) atoms. The first-order chi connectivity index (χ1) is 8.18. The summed E-state index contributed by atoms with van der Waals surface area (Å²) >= 11 is 0. The van der Waals surface area contributed by atoms with Crippen molar-refractivity contribution in [2.75, 3.05) is 6.61 Å². The van der Waals surface area contributed by atoms with Crippen molar-refractivity contribution in [2.45, 2.75) is 52.7 Å². The summed E-state index contributed by atoms with van der Waals surface area (Å²) in [7, 11) is 0. The molecule has 0 rings (SSSR count). The normalized spacial score (nSPS) is 12.5. The van der Waals surface area contributed by atoms with Crippen molar-refractivity contribution in [3.8, 4) is 0 Å². The summed E-state index contributed by atoms with van der Waals surface area (Å²) in [4.78, 5) is 33.2. The molecule has 0 aliphatic carbocycles. The average molecular weight is 260 g/mol. The van der Waals surface area contributed by atoms with Gasteiger partial charge >= 0.3 is 17.9 Å². The van der Waals surface area contributed by atoms with Crippen molar-refractivity contribution in [2.24, 2.45) is 0 Å². The number of carbonyl (C=O) groups is 3. The van der Waals surface area contributed by atoms with E-state index in [1.165, 1.54) is 13.8 Å². The molecule has 0 aromatic heterocycles. The number of ether oxygens (including phenoxy) is 3. The lowest BCUT2D eigenvalue weighted by Crippen LogP contribution is -2.39. The van der Waals surface area contributed by atoms with Gasteiger partial charge < -0.3 is 14.2 Å². The molecule has 0 aliphatic rings. The zero-order chi connectivity index (χ0) is 14.3. The third-order valence-electron chi connectivity index (χ3n) is 1.94. The Bertz CT molecular complexity index is 321. The Morgan fingerprint density at radius 1 is 1.11 bits per heavy atom. The van der Waals surface area contributed by atoms with Gasteiger partial charge in [0.05, 0.1) is 0 Å². The summed E-state index contributed by atoms with van der Waals surface area (Å²) in [6.07, 6.45) is -0.610. The molecule has 6 heteroatoms. The highest BCUT2D eigenvalue weighted by Gasteiger charge is 2.30. The number of esters is 3. The lowest BCUT2D eigenvalue weighted by atomic mass is 10.1. The van der Waals surface area contributed by atoms with Gasteiger partial charge in [-0.1, -0.05) is 6.92 Å². The first-order valence-corrected chi connectivity index (χ1v) is 5.71. The fourth-order valence-corrected chi connectivity index (χ4v) is 1.14. The van der Waals surface area contributed by atoms with E-state index in [0.717, 1.165) is 0 Å². The van der Waals surface area contributed by atoms with E-state index in [9.17, 15) is 14.4 Å². The standard InChI is InChI=1S/C12H20O6/c1-6-10(17-9(3)14)11(15)18-12(4,5)7-16-8(2)13/h10H,6-7H2,1-5H3. The van der Waals surface area contributed by atoms with Crippen molar-refractivity contribution in [1.29, 1.82) is 0 Å². The predicted octanol–water partition coefficient (Wildman–Crippen LogP) is 1.21. The van der Waals surface area contributed by atoms with E-state index in [1.54, 1.807) is 20.8 Å². The van der Waals surface area contributed by atoms with Crippen molar-refractivity contribution in [3.05, 3.63) is 0 Å². The van der Waals surface area contributed by atoms with Gasteiger partial charge in [-0.2, -0.15) is 0 Å². The van der Waals surface area contributed by atoms with Gasteiger partial charge in [0.25, 0.3) is 0 Å². The Balaban J connectivity index is 4.41. The molecule has 0 amide bonds. The van der Waals surface area contributed by atoms with E-state index < -0.39 is 29.6 Å². The SMILES string of the molecule is CCC(OC(C)=O)C(=O)OC(C)(C)COC(C)=O. The molecule has 6 nitrogen and oxygen atoms in total. The second kappa shape index (κ2) is 6.98. The van der Waals surface area contributed by atoms with Crippen molar-refractivity contribution in [3.63, 3.8) is 0 Å². The van der Waals surface area contributed by atoms with Crippen LogP contribution < -0.4 is 0 Å². The van der Waals surface area contributed by atoms with Crippen LogP contribution in [-0.4, -0.2) is 36.2 Å². The molecule has 0 aliphatic heterocycles. The third-order valence-corrected chi connectivity index (χ3v) is 1.94. The molecule has 0 aromatic carbocycles. The van der Waals surface area contributed by atoms with Crippen LogP contribution in [0.5, 0.6) is 0 Å². The molecule has 0 radical (unpaired) electrons. The molecule has 0 saturated heterocycles. The van der Waals surface area contributed by atoms with E-state index >= 15 is 0 Å². The van der Waals surface area contributed by atoms with Crippen LogP contribution >= 0.6 is 0 Å². The molecular weight excluding hydrogens is 240 g/mol. The van der Waals surface area contributed by atoms with Gasteiger partial charge in [-0.25, -0.2) is 4.79 Å². The summed E-state index contributed by atoms with van der Waals surface area (Å²) in [5, 5.41) is 0. The van der Waals surface area contributed by atoms with Crippen LogP contribution in [0.3, 0.4) is 0 Å². The molecule has 0 heterocycles. The van der Waals surface area contributed by atoms with Crippen LogP contribution in [0.1, 0.15) is 41.0 Å². The van der Waals surface area contributed by atoms with E-state index in [1.807, 2.05) is 0 Å². The Morgan fingerprint density at radius 3 is 2.06 bits per heavy atom. The van der Waals surface area contributed by atoms with Crippen molar-refractivity contribution in [1.82, 2.24) is 0 Å². The molecule has 1 unspecified atom stereocenters. The summed E-state index contributed by atoms with van der Waals surface area (Å²) < 4.78 is 14.7. The molecular formula is C12H20O6. The van der Waals surface area contributed by atoms with Gasteiger partial charge in [0, 0.05) is 13.8 Å². The molecule has 0 aromatic rings. The molecule has 0 fully saturated rings. The van der Waals surface area contributed by atoms with E-state index in [2.05, 4.69) is 0 Å². The summed E-state index contributed by atoms with van der Waals surface area (Å²) in [5.74, 6) is -1.65. The predicted molar refractivity (Wildman–Crippen MR) is 62.6 cm³/mol. The van der Waals surface area contributed by atoms with E-state index in [4.69, 9.17) is 14.2 Å². The molecule has 0 bridgehead atoms. The van der Waals surface area contributed by atoms with Crippen molar-refractivity contribution < 1.29 is 28.6 Å². The number of rotatable bonds is 6. The maximum atomic E-state index is 11.7. The highest BCUT2D eigenvalue weighted by atomic mass is 16.6. The second-order valence-corrected chi connectivity index (χ2v) is 4.47. The molecule has 0 spiro atoms. The van der Waals surface area contributed by atoms with E-state index in [-0.39, 0.29) is 6.61 Å². The number of hydrogen-bond donors (Lipinski definition) is 0. The van der Waals surface area contributed by atoms with Gasteiger partial charge in [0.1, 0.15) is 12.2 Å². The minimum atomic E-state index is -0.962. The van der Waals surface area contributed by atoms with Crippen LogP contribution in [0.15, 0.2) is 0 Å². The largest absolute Gasteiger partial charge is 0.462 e. The fraction of sp³-hybridized carbons (Fsp3) is 0.750. The molecule has 104 valence electrons. The molecule has 0 saturated carbocycles. The average Bonchev–Trinajstić information content (AvgIpc) is 2.22. The lowest BCUT2D eigenvalue weighted by Gasteiger charge is -2.26. The van der Waals surface area contributed by atoms with Crippen LogP contribution in [0.2, 0.25) is 0 Å². The van der Waals surface area contributed by atoms with Crippen LogP contribution in [0.25, 0.3) is 0 Å². The third kappa shape index (κ3) is 6.88. The second-order valence-electron chi connectivity index (χ2n) is 4.47. The van der Waals surface area contributed by atoms with Gasteiger partial charge in [0.2, 0.25) is 0 Å². The Kier molecular flexibility index (Phi) is 6.36. The quantitative estimate of drug-likeness (QED) is 0.527. The van der Waals surface area contributed by atoms with Crippen molar-refractivity contribution >= 4 is 17.9 Å². The summed E-state index contributed by atoms with van der Waals surface area (Å²) in [6.45, 7) is 7.35. The van der Waals surface area contributed by atoms with E-state index in [0.29, 0.717) is 6.42 Å². The monoisotopic (exact) mass is 260 g/mol. The highest BCUT2D eigenvalue weighted by Crippen LogP contribution is 2.13. The Hall–Kier alpha value is -1.59. The summed E-state index contributed by atoms with van der Waals surface area (Å²) in [6, 6.07) is 0. The smallest absolute Gasteiger partial charge is 0.348 e. The van der Waals surface area contributed by atoms with Gasteiger partial charge in [-0.15, -0.1) is 0 Å². The maximum absolute atomic E-state index is 11.7. The summed E-state index contributed by atoms with van der Waals surface area (Å²) in [5.41, 5.74) is -0.962. The first-order valence-electron chi connectivity index (χ1n) is 5.71. The maximum Gasteiger partial charge on any atom is 0.348 e. The van der Waals surface area contributed by atoms with Crippen LogP contribution in [0.4, 0.5) is 0 Å². The highest BCUT2D eigenvalue weighted by molar-refractivity contribution is 5.78. The van der Waals surface area contributed by atoms with Gasteiger partial charge in [-0.3, -0.25) is 9.59 Å². The minimum Gasteiger partial charge on any atom is -0.462 e. The van der Waals surface area contributed by atoms with Gasteiger partial charge in [-0.05, 0) is 20.3 Å². The van der Waals surface area contributed by atoms with Crippen LogP contribution in [0, 0.1) is 0 Å². The Morgan fingerprint density at radius 2 is 1.67 bits per heavy atom. The molecule has 1 atom stereocenters.